The second-order valence-electron chi connectivity index (χ2n) is 9.12. The van der Waals surface area contributed by atoms with E-state index in [1.807, 2.05) is 6.07 Å². The van der Waals surface area contributed by atoms with Gasteiger partial charge in [-0.1, -0.05) is 30.5 Å². The van der Waals surface area contributed by atoms with Gasteiger partial charge >= 0.3 is 12.1 Å². The van der Waals surface area contributed by atoms with Crippen LogP contribution < -0.4 is 20.1 Å². The Bertz CT molecular complexity index is 1780. The summed E-state index contributed by atoms with van der Waals surface area (Å²) in [6, 6.07) is 3.34. The molecule has 0 saturated carbocycles. The minimum atomic E-state index is -3.68. The number of aromatic nitrogens is 2. The molecule has 204 valence electrons. The van der Waals surface area contributed by atoms with Gasteiger partial charge in [0.2, 0.25) is 0 Å². The maximum Gasteiger partial charge on any atom is 0.360 e. The molecule has 1 unspecified atom stereocenters. The van der Waals surface area contributed by atoms with Crippen molar-refractivity contribution < 1.29 is 27.0 Å². The lowest BCUT2D eigenvalue weighted by Gasteiger charge is -2.31. The summed E-state index contributed by atoms with van der Waals surface area (Å²) in [5, 5.41) is 9.35. The number of fused-ring (bicyclic) bond motifs is 1. The SMILES string of the molecule is C#Cc1c(F)ccc2cc(N)cc(-c3c(Cl)c4c5c(nc(OC)nc5c3F)N(CC(C#N)CC)C(F)(F)CO4)c12. The van der Waals surface area contributed by atoms with E-state index in [0.717, 1.165) is 6.07 Å². The standard InChI is InChI=1S/C28H20ClF4N5O2/c1-4-13(10-34)11-38-26-21-24(36-27(37-26)39-3)23(31)20(22(29)25(21)40-12-28(38,32)33)17-9-15(35)8-14-6-7-18(30)16(5-2)19(14)17/h2,6-9,13H,4,11-12,35H2,1,3H3. The Kier molecular flexibility index (Phi) is 6.72. The fraction of sp³-hybridized carbons (Fsp3) is 0.250. The van der Waals surface area contributed by atoms with Gasteiger partial charge in [0.25, 0.3) is 0 Å². The normalized spacial score (nSPS) is 14.8. The van der Waals surface area contributed by atoms with E-state index in [0.29, 0.717) is 10.3 Å². The van der Waals surface area contributed by atoms with Crippen LogP contribution in [0.4, 0.5) is 29.1 Å². The zero-order chi connectivity index (χ0) is 28.9. The first-order valence-electron chi connectivity index (χ1n) is 12.0. The van der Waals surface area contributed by atoms with Crippen LogP contribution in [0.1, 0.15) is 18.9 Å². The average molecular weight is 570 g/mol. The molecule has 0 saturated heterocycles. The molecule has 0 fully saturated rings. The summed E-state index contributed by atoms with van der Waals surface area (Å²) in [4.78, 5) is 8.77. The zero-order valence-corrected chi connectivity index (χ0v) is 21.9. The fourth-order valence-corrected chi connectivity index (χ4v) is 5.12. The zero-order valence-electron chi connectivity index (χ0n) is 21.2. The molecule has 12 heteroatoms. The number of terminal acetylenes is 1. The van der Waals surface area contributed by atoms with E-state index in [4.69, 9.17) is 33.2 Å². The van der Waals surface area contributed by atoms with Gasteiger partial charge in [-0.15, -0.1) is 6.42 Å². The Labute approximate surface area is 231 Å². The summed E-state index contributed by atoms with van der Waals surface area (Å²) >= 11 is 6.72. The van der Waals surface area contributed by atoms with Crippen LogP contribution in [0, 0.1) is 41.2 Å². The maximum atomic E-state index is 16.6. The number of nitrogens with two attached hydrogens (primary N) is 1. The van der Waals surface area contributed by atoms with Crippen LogP contribution in [-0.2, 0) is 0 Å². The van der Waals surface area contributed by atoms with Crippen molar-refractivity contribution in [2.75, 3.05) is 30.9 Å². The molecule has 5 rings (SSSR count). The molecule has 7 nitrogen and oxygen atoms in total. The molecular formula is C28H20ClF4N5O2. The van der Waals surface area contributed by atoms with E-state index in [1.165, 1.54) is 25.3 Å². The van der Waals surface area contributed by atoms with Crippen molar-refractivity contribution >= 4 is 44.8 Å². The van der Waals surface area contributed by atoms with Crippen molar-refractivity contribution in [3.8, 4) is 41.3 Å². The number of benzene rings is 3. The van der Waals surface area contributed by atoms with Crippen LogP contribution in [0.25, 0.3) is 32.8 Å². The number of nitrogen functional groups attached to an aromatic ring is 1. The van der Waals surface area contributed by atoms with E-state index in [1.54, 1.807) is 6.92 Å². The molecule has 0 aliphatic carbocycles. The van der Waals surface area contributed by atoms with Gasteiger partial charge in [0.15, 0.2) is 24.0 Å². The third kappa shape index (κ3) is 4.14. The highest BCUT2D eigenvalue weighted by Crippen LogP contribution is 2.51. The molecule has 40 heavy (non-hydrogen) atoms. The second-order valence-corrected chi connectivity index (χ2v) is 9.50. The van der Waals surface area contributed by atoms with Crippen molar-refractivity contribution in [3.05, 3.63) is 46.5 Å². The minimum absolute atomic E-state index is 0.00854. The number of methoxy groups -OCH3 is 1. The van der Waals surface area contributed by atoms with E-state index in [9.17, 15) is 9.65 Å². The summed E-state index contributed by atoms with van der Waals surface area (Å²) in [7, 11) is 1.19. The second kappa shape index (κ2) is 9.92. The highest BCUT2D eigenvalue weighted by atomic mass is 35.5. The Morgan fingerprint density at radius 1 is 1.27 bits per heavy atom. The number of hydrogen-bond acceptors (Lipinski definition) is 7. The van der Waals surface area contributed by atoms with E-state index in [-0.39, 0.29) is 45.3 Å². The van der Waals surface area contributed by atoms with Gasteiger partial charge in [0, 0.05) is 23.2 Å². The Hall–Kier alpha value is -4.48. The molecule has 1 aliphatic rings. The summed E-state index contributed by atoms with van der Waals surface area (Å²) in [5.41, 5.74) is 5.32. The lowest BCUT2D eigenvalue weighted by molar-refractivity contribution is -0.0422. The lowest BCUT2D eigenvalue weighted by atomic mass is 9.92. The minimum Gasteiger partial charge on any atom is -0.483 e. The molecule has 1 aliphatic heterocycles. The molecular weight excluding hydrogens is 550 g/mol. The first-order valence-corrected chi connectivity index (χ1v) is 12.4. The number of nitrogens with zero attached hydrogens (tertiary/aromatic N) is 4. The maximum absolute atomic E-state index is 16.6. The summed E-state index contributed by atoms with van der Waals surface area (Å²) in [5.74, 6) is -1.07. The largest absolute Gasteiger partial charge is 0.483 e. The predicted molar refractivity (Wildman–Crippen MR) is 143 cm³/mol. The Balaban J connectivity index is 1.93. The van der Waals surface area contributed by atoms with Crippen LogP contribution >= 0.6 is 11.6 Å². The quantitative estimate of drug-likeness (QED) is 0.130. The number of anilines is 2. The number of nitriles is 1. The van der Waals surface area contributed by atoms with Crippen molar-refractivity contribution in [1.82, 2.24) is 9.97 Å². The molecule has 2 N–H and O–H groups in total. The first kappa shape index (κ1) is 27.1. The molecule has 0 spiro atoms. The lowest BCUT2D eigenvalue weighted by Crippen LogP contribution is -2.48. The average Bonchev–Trinajstić information content (AvgIpc) is 3.03. The highest BCUT2D eigenvalue weighted by molar-refractivity contribution is 6.37. The van der Waals surface area contributed by atoms with Gasteiger partial charge in [0.05, 0.1) is 35.1 Å². The number of alkyl halides is 2. The summed E-state index contributed by atoms with van der Waals surface area (Å²) in [6.45, 7) is 0.0372. The Morgan fingerprint density at radius 3 is 2.67 bits per heavy atom. The molecule has 4 aromatic rings. The number of hydrogen-bond donors (Lipinski definition) is 1. The number of halogens is 5. The van der Waals surface area contributed by atoms with Crippen molar-refractivity contribution in [2.45, 2.75) is 19.4 Å². The smallest absolute Gasteiger partial charge is 0.360 e. The van der Waals surface area contributed by atoms with Gasteiger partial charge in [-0.05, 0) is 35.6 Å². The van der Waals surface area contributed by atoms with Crippen molar-refractivity contribution in [2.24, 2.45) is 5.92 Å². The van der Waals surface area contributed by atoms with Gasteiger partial charge in [0.1, 0.15) is 11.3 Å². The van der Waals surface area contributed by atoms with Crippen LogP contribution in [0.5, 0.6) is 11.8 Å². The van der Waals surface area contributed by atoms with Crippen molar-refractivity contribution in [1.29, 1.82) is 5.26 Å². The predicted octanol–water partition coefficient (Wildman–Crippen LogP) is 6.30. The van der Waals surface area contributed by atoms with Gasteiger partial charge in [-0.25, -0.2) is 8.78 Å². The monoisotopic (exact) mass is 569 g/mol. The molecule has 0 bridgehead atoms. The molecule has 3 aromatic carbocycles. The van der Waals surface area contributed by atoms with Gasteiger partial charge in [-0.3, -0.25) is 4.90 Å². The van der Waals surface area contributed by atoms with E-state index < -0.39 is 59.1 Å². The summed E-state index contributed by atoms with van der Waals surface area (Å²) in [6.07, 6.45) is 5.87. The third-order valence-electron chi connectivity index (χ3n) is 6.75. The van der Waals surface area contributed by atoms with E-state index >= 15 is 13.2 Å². The van der Waals surface area contributed by atoms with Crippen LogP contribution in [0.15, 0.2) is 24.3 Å². The fourth-order valence-electron chi connectivity index (χ4n) is 4.79. The van der Waals surface area contributed by atoms with Crippen LogP contribution in [0.3, 0.4) is 0 Å². The summed E-state index contributed by atoms with van der Waals surface area (Å²) < 4.78 is 73.0. The molecule has 2 heterocycles. The number of ether oxygens (including phenoxy) is 2. The van der Waals surface area contributed by atoms with Crippen LogP contribution in [0.2, 0.25) is 5.02 Å². The molecule has 0 radical (unpaired) electrons. The Morgan fingerprint density at radius 2 is 2.02 bits per heavy atom. The highest BCUT2D eigenvalue weighted by Gasteiger charge is 2.45. The molecule has 1 atom stereocenters. The van der Waals surface area contributed by atoms with Crippen LogP contribution in [-0.4, -0.2) is 36.3 Å². The molecule has 0 amide bonds. The third-order valence-corrected chi connectivity index (χ3v) is 7.11. The topological polar surface area (TPSA) is 97.3 Å². The number of rotatable bonds is 5. The van der Waals surface area contributed by atoms with Gasteiger partial charge < -0.3 is 15.2 Å². The van der Waals surface area contributed by atoms with Crippen molar-refractivity contribution in [3.63, 3.8) is 0 Å². The molecule has 1 aromatic heterocycles. The van der Waals surface area contributed by atoms with Gasteiger partial charge in [-0.2, -0.15) is 24.0 Å². The van der Waals surface area contributed by atoms with E-state index in [2.05, 4.69) is 15.9 Å². The first-order chi connectivity index (χ1) is 19.1.